The highest BCUT2D eigenvalue weighted by atomic mass is 35.5. The van der Waals surface area contributed by atoms with E-state index in [0.717, 1.165) is 0 Å². The quantitative estimate of drug-likeness (QED) is 0.459. The van der Waals surface area contributed by atoms with Gasteiger partial charge in [-0.2, -0.15) is 0 Å². The van der Waals surface area contributed by atoms with E-state index in [4.69, 9.17) is 33.4 Å². The van der Waals surface area contributed by atoms with Crippen molar-refractivity contribution in [1.82, 2.24) is 0 Å². The van der Waals surface area contributed by atoms with E-state index in [1.54, 1.807) is 0 Å². The van der Waals surface area contributed by atoms with Gasteiger partial charge in [-0.25, -0.2) is 0 Å². The van der Waals surface area contributed by atoms with Gasteiger partial charge in [0.1, 0.15) is 6.10 Å². The van der Waals surface area contributed by atoms with Gasteiger partial charge in [-0.1, -0.05) is 11.6 Å². The van der Waals surface area contributed by atoms with Crippen LogP contribution in [0.15, 0.2) is 0 Å². The molecule has 12 heavy (non-hydrogen) atoms. The van der Waals surface area contributed by atoms with E-state index >= 15 is 0 Å². The Morgan fingerprint density at radius 1 is 1.33 bits per heavy atom. The molecule has 0 rings (SSSR count). The summed E-state index contributed by atoms with van der Waals surface area (Å²) in [6, 6.07) is 0. The second-order valence-electron chi connectivity index (χ2n) is 2.44. The van der Waals surface area contributed by atoms with Crippen molar-refractivity contribution in [2.24, 2.45) is 0 Å². The van der Waals surface area contributed by atoms with E-state index in [1.165, 1.54) is 0 Å². The van der Waals surface area contributed by atoms with E-state index in [0.29, 0.717) is 0 Å². The Morgan fingerprint density at radius 2 is 1.83 bits per heavy atom. The molecule has 0 saturated heterocycles. The lowest BCUT2D eigenvalue weighted by Crippen LogP contribution is -2.44. The van der Waals surface area contributed by atoms with Crippen LogP contribution in [0.1, 0.15) is 6.42 Å². The zero-order chi connectivity index (χ0) is 9.78. The molecule has 0 radical (unpaired) electrons. The van der Waals surface area contributed by atoms with E-state index in [9.17, 15) is 10.2 Å². The number of rotatable bonds is 5. The van der Waals surface area contributed by atoms with Gasteiger partial charge in [0.2, 0.25) is 0 Å². The van der Waals surface area contributed by atoms with Gasteiger partial charge in [-0.3, -0.25) is 0 Å². The van der Waals surface area contributed by atoms with Crippen LogP contribution in [-0.2, 0) is 0 Å². The smallest absolute Gasteiger partial charge is 0.168 e. The van der Waals surface area contributed by atoms with Crippen molar-refractivity contribution in [2.75, 3.05) is 13.2 Å². The second kappa shape index (κ2) is 5.21. The number of halogens is 2. The molecule has 0 aliphatic rings. The number of alkyl halides is 2. The largest absolute Gasteiger partial charge is 0.396 e. The summed E-state index contributed by atoms with van der Waals surface area (Å²) in [6.45, 7) is -0.866. The van der Waals surface area contributed by atoms with E-state index in [1.807, 2.05) is 0 Å². The van der Waals surface area contributed by atoms with Gasteiger partial charge in [-0.05, 0) is 0 Å². The molecule has 74 valence electrons. The van der Waals surface area contributed by atoms with Crippen molar-refractivity contribution >= 4 is 23.2 Å². The van der Waals surface area contributed by atoms with Gasteiger partial charge in [0.25, 0.3) is 0 Å². The highest BCUT2D eigenvalue weighted by Crippen LogP contribution is 2.24. The molecule has 4 N–H and O–H groups in total. The molecule has 0 heterocycles. The summed E-state index contributed by atoms with van der Waals surface area (Å²) in [6.07, 6.45) is -1.68. The Hall–Kier alpha value is 0.420. The third-order valence-corrected chi connectivity index (χ3v) is 2.22. The molecule has 0 aromatic heterocycles. The molecular formula is C6H12Cl2O4. The van der Waals surface area contributed by atoms with Crippen molar-refractivity contribution in [3.05, 3.63) is 0 Å². The summed E-state index contributed by atoms with van der Waals surface area (Å²) < 4.78 is 0. The Bertz CT molecular complexity index is 131. The molecule has 0 aromatic carbocycles. The van der Waals surface area contributed by atoms with Crippen LogP contribution in [-0.4, -0.2) is 50.2 Å². The Morgan fingerprint density at radius 3 is 2.17 bits per heavy atom. The monoisotopic (exact) mass is 218 g/mol. The fourth-order valence-corrected chi connectivity index (χ4v) is 1.19. The molecule has 0 fully saturated rings. The van der Waals surface area contributed by atoms with Crippen LogP contribution in [0.2, 0.25) is 0 Å². The number of hydrogen-bond acceptors (Lipinski definition) is 4. The minimum absolute atomic E-state index is 0.209. The summed E-state index contributed by atoms with van der Waals surface area (Å²) in [5, 5.41) is 32.4. The maximum atomic E-state index is 9.24. The molecule has 6 heteroatoms. The van der Waals surface area contributed by atoms with Crippen molar-refractivity contribution in [2.45, 2.75) is 23.0 Å². The lowest BCUT2D eigenvalue weighted by atomic mass is 10.1. The molecule has 0 aromatic rings. The molecular weight excluding hydrogens is 207 g/mol. The zero-order valence-electron chi connectivity index (χ0n) is 6.32. The molecule has 0 aliphatic heterocycles. The van der Waals surface area contributed by atoms with Crippen molar-refractivity contribution < 1.29 is 20.4 Å². The molecule has 0 bridgehead atoms. The van der Waals surface area contributed by atoms with Gasteiger partial charge in [0.05, 0.1) is 12.0 Å². The topological polar surface area (TPSA) is 80.9 Å². The van der Waals surface area contributed by atoms with Crippen LogP contribution in [0.3, 0.4) is 0 Å². The van der Waals surface area contributed by atoms with E-state index < -0.39 is 23.1 Å². The maximum absolute atomic E-state index is 9.24. The second-order valence-corrected chi connectivity index (χ2v) is 3.65. The van der Waals surface area contributed by atoms with Crippen LogP contribution in [0.5, 0.6) is 0 Å². The lowest BCUT2D eigenvalue weighted by Gasteiger charge is -2.28. The predicted octanol–water partition coefficient (Wildman–Crippen LogP) is -0.743. The third kappa shape index (κ3) is 3.43. The maximum Gasteiger partial charge on any atom is 0.168 e. The fraction of sp³-hybridized carbons (Fsp3) is 1.00. The van der Waals surface area contributed by atoms with Gasteiger partial charge in [0, 0.05) is 13.0 Å². The van der Waals surface area contributed by atoms with Crippen LogP contribution in [0.4, 0.5) is 0 Å². The van der Waals surface area contributed by atoms with Gasteiger partial charge < -0.3 is 20.4 Å². The van der Waals surface area contributed by atoms with Crippen LogP contribution in [0, 0.1) is 0 Å². The van der Waals surface area contributed by atoms with E-state index in [2.05, 4.69) is 0 Å². The molecule has 4 nitrogen and oxygen atoms in total. The highest BCUT2D eigenvalue weighted by Gasteiger charge is 2.37. The Kier molecular flexibility index (Phi) is 5.40. The fourth-order valence-electron chi connectivity index (χ4n) is 0.682. The Labute approximate surface area is 80.3 Å². The average molecular weight is 219 g/mol. The standard InChI is InChI=1S/C6H12Cl2O4/c7-4(3-10)5(11)6(8,12)1-2-9/h4-5,9-12H,1-3H2. The lowest BCUT2D eigenvalue weighted by molar-refractivity contribution is -0.0343. The summed E-state index contributed by atoms with van der Waals surface area (Å²) >= 11 is 10.8. The van der Waals surface area contributed by atoms with Crippen molar-refractivity contribution in [3.8, 4) is 0 Å². The average Bonchev–Trinajstić information content (AvgIpc) is 2.01. The number of aliphatic hydroxyl groups is 4. The Balaban J connectivity index is 4.13. The first-order valence-corrected chi connectivity index (χ1v) is 4.22. The molecule has 0 amide bonds. The summed E-state index contributed by atoms with van der Waals surface area (Å²) in [5.41, 5.74) is 0. The third-order valence-electron chi connectivity index (χ3n) is 1.43. The minimum Gasteiger partial charge on any atom is -0.396 e. The first kappa shape index (κ1) is 12.4. The normalized spacial score (nSPS) is 21.5. The first-order chi connectivity index (χ1) is 5.45. The molecule has 3 unspecified atom stereocenters. The van der Waals surface area contributed by atoms with Crippen LogP contribution >= 0.6 is 23.2 Å². The number of hydrogen-bond donors (Lipinski definition) is 4. The number of aliphatic hydroxyl groups excluding tert-OH is 3. The van der Waals surface area contributed by atoms with Gasteiger partial charge in [0.15, 0.2) is 5.06 Å². The zero-order valence-corrected chi connectivity index (χ0v) is 7.83. The van der Waals surface area contributed by atoms with Crippen LogP contribution in [0.25, 0.3) is 0 Å². The molecule has 0 saturated carbocycles. The summed E-state index contributed by atoms with van der Waals surface area (Å²) in [5.74, 6) is 0. The predicted molar refractivity (Wildman–Crippen MR) is 45.2 cm³/mol. The molecule has 3 atom stereocenters. The summed E-state index contributed by atoms with van der Waals surface area (Å²) in [4.78, 5) is 0. The van der Waals surface area contributed by atoms with Gasteiger partial charge in [-0.15, -0.1) is 11.6 Å². The van der Waals surface area contributed by atoms with Crippen LogP contribution < -0.4 is 0 Å². The highest BCUT2D eigenvalue weighted by molar-refractivity contribution is 6.25. The minimum atomic E-state index is -1.98. The molecule has 0 aliphatic carbocycles. The SMILES string of the molecule is OCCC(O)(Cl)C(O)C(Cl)CO. The van der Waals surface area contributed by atoms with Crippen molar-refractivity contribution in [1.29, 1.82) is 0 Å². The molecule has 0 spiro atoms. The summed E-state index contributed by atoms with van der Waals surface area (Å²) in [7, 11) is 0. The van der Waals surface area contributed by atoms with E-state index in [-0.39, 0.29) is 13.0 Å². The van der Waals surface area contributed by atoms with Crippen molar-refractivity contribution in [3.63, 3.8) is 0 Å². The first-order valence-electron chi connectivity index (χ1n) is 3.41. The van der Waals surface area contributed by atoms with Gasteiger partial charge >= 0.3 is 0 Å².